The number of nitrogens with one attached hydrogen (secondary N) is 1. The summed E-state index contributed by atoms with van der Waals surface area (Å²) in [6.45, 7) is 3.26. The van der Waals surface area contributed by atoms with Crippen molar-refractivity contribution in [3.05, 3.63) is 47.3 Å². The van der Waals surface area contributed by atoms with Crippen molar-refractivity contribution < 1.29 is 9.59 Å². The number of amides is 1. The van der Waals surface area contributed by atoms with E-state index in [-0.39, 0.29) is 5.91 Å². The average Bonchev–Trinajstić information content (AvgIpc) is 3.00. The second-order valence-electron chi connectivity index (χ2n) is 5.42. The van der Waals surface area contributed by atoms with E-state index in [1.807, 2.05) is 31.3 Å². The van der Waals surface area contributed by atoms with Gasteiger partial charge in [-0.1, -0.05) is 24.3 Å². The minimum atomic E-state index is -0.0538. The van der Waals surface area contributed by atoms with Crippen LogP contribution >= 0.6 is 0 Å². The lowest BCUT2D eigenvalue weighted by Gasteiger charge is -2.06. The summed E-state index contributed by atoms with van der Waals surface area (Å²) in [5.74, 6) is -0.0538. The molecule has 6 heteroatoms. The number of hydrogen-bond donors (Lipinski definition) is 1. The summed E-state index contributed by atoms with van der Waals surface area (Å²) < 4.78 is 1.75. The van der Waals surface area contributed by atoms with Crippen LogP contribution in [0.2, 0.25) is 0 Å². The highest BCUT2D eigenvalue weighted by atomic mass is 16.1. The van der Waals surface area contributed by atoms with Gasteiger partial charge in [-0.3, -0.25) is 4.79 Å². The Hall–Kier alpha value is -2.50. The monoisotopic (exact) mass is 314 g/mol. The molecular weight excluding hydrogens is 292 g/mol. The smallest absolute Gasteiger partial charge is 0.251 e. The number of nitrogens with zero attached hydrogens (tertiary/aromatic N) is 3. The Balaban J connectivity index is 1.97. The van der Waals surface area contributed by atoms with Gasteiger partial charge in [0.15, 0.2) is 0 Å². The molecule has 0 unspecified atom stereocenters. The van der Waals surface area contributed by atoms with Gasteiger partial charge in [-0.2, -0.15) is 0 Å². The van der Waals surface area contributed by atoms with Gasteiger partial charge in [-0.15, -0.1) is 5.10 Å². The first-order valence-electron chi connectivity index (χ1n) is 7.92. The third-order valence-electron chi connectivity index (χ3n) is 3.41. The molecule has 1 amide bonds. The van der Waals surface area contributed by atoms with Crippen LogP contribution in [0.4, 0.5) is 0 Å². The summed E-state index contributed by atoms with van der Waals surface area (Å²) in [4.78, 5) is 22.3. The van der Waals surface area contributed by atoms with Crippen LogP contribution in [0, 0.1) is 0 Å². The first kappa shape index (κ1) is 16.9. The Bertz CT molecular complexity index is 652. The standard InChI is InChI=1S/C17H22N4O2/c1-2-9-18-17(23)15-7-5-6-14(11-15)12-21-13-16(19-20-21)8-3-4-10-22/h5-7,10-11,13H,2-4,8-9,12H2,1H3,(H,18,23). The topological polar surface area (TPSA) is 76.9 Å². The van der Waals surface area contributed by atoms with E-state index in [1.165, 1.54) is 0 Å². The molecule has 0 aliphatic carbocycles. The number of carbonyl (C=O) groups excluding carboxylic acids is 2. The van der Waals surface area contributed by atoms with E-state index in [1.54, 1.807) is 10.7 Å². The molecule has 1 heterocycles. The fourth-order valence-electron chi connectivity index (χ4n) is 2.24. The van der Waals surface area contributed by atoms with Crippen molar-refractivity contribution in [1.29, 1.82) is 0 Å². The average molecular weight is 314 g/mol. The van der Waals surface area contributed by atoms with Gasteiger partial charge in [0.1, 0.15) is 6.29 Å². The Kier molecular flexibility index (Phi) is 6.47. The summed E-state index contributed by atoms with van der Waals surface area (Å²) in [6.07, 6.45) is 5.79. The molecule has 122 valence electrons. The molecule has 6 nitrogen and oxygen atoms in total. The van der Waals surface area contributed by atoms with Crippen molar-refractivity contribution in [2.75, 3.05) is 6.54 Å². The van der Waals surface area contributed by atoms with Crippen LogP contribution in [0.5, 0.6) is 0 Å². The molecule has 0 radical (unpaired) electrons. The fourth-order valence-corrected chi connectivity index (χ4v) is 2.24. The second-order valence-corrected chi connectivity index (χ2v) is 5.42. The molecule has 0 atom stereocenters. The molecule has 0 saturated heterocycles. The lowest BCUT2D eigenvalue weighted by molar-refractivity contribution is -0.107. The van der Waals surface area contributed by atoms with Crippen molar-refractivity contribution >= 4 is 12.2 Å². The van der Waals surface area contributed by atoms with Gasteiger partial charge in [0.25, 0.3) is 5.91 Å². The van der Waals surface area contributed by atoms with Gasteiger partial charge >= 0.3 is 0 Å². The molecule has 0 aliphatic rings. The van der Waals surface area contributed by atoms with Crippen LogP contribution < -0.4 is 5.32 Å². The lowest BCUT2D eigenvalue weighted by atomic mass is 10.1. The number of aryl methyl sites for hydroxylation is 1. The normalized spacial score (nSPS) is 10.5. The zero-order valence-corrected chi connectivity index (χ0v) is 13.4. The van der Waals surface area contributed by atoms with Crippen molar-refractivity contribution in [2.24, 2.45) is 0 Å². The maximum Gasteiger partial charge on any atom is 0.251 e. The van der Waals surface area contributed by atoms with Gasteiger partial charge in [0.05, 0.1) is 12.2 Å². The SMILES string of the molecule is CCCNC(=O)c1cccc(Cn2cc(CCCC=O)nn2)c1. The molecule has 2 rings (SSSR count). The molecule has 0 saturated carbocycles. The highest BCUT2D eigenvalue weighted by Crippen LogP contribution is 2.08. The van der Waals surface area contributed by atoms with Crippen LogP contribution in [-0.4, -0.2) is 33.7 Å². The minimum Gasteiger partial charge on any atom is -0.352 e. The number of aromatic nitrogens is 3. The van der Waals surface area contributed by atoms with Gasteiger partial charge in [-0.25, -0.2) is 4.68 Å². The van der Waals surface area contributed by atoms with Crippen LogP contribution in [0.3, 0.4) is 0 Å². The van der Waals surface area contributed by atoms with Crippen molar-refractivity contribution in [3.8, 4) is 0 Å². The first-order chi connectivity index (χ1) is 11.2. The van der Waals surface area contributed by atoms with Gasteiger partial charge in [0.2, 0.25) is 0 Å². The number of benzene rings is 1. The van der Waals surface area contributed by atoms with E-state index in [4.69, 9.17) is 0 Å². The third-order valence-corrected chi connectivity index (χ3v) is 3.41. The number of unbranched alkanes of at least 4 members (excludes halogenated alkanes) is 1. The Morgan fingerprint density at radius 1 is 1.39 bits per heavy atom. The van der Waals surface area contributed by atoms with Crippen molar-refractivity contribution in [3.63, 3.8) is 0 Å². The molecule has 1 aromatic heterocycles. The lowest BCUT2D eigenvalue weighted by Crippen LogP contribution is -2.24. The molecule has 0 aliphatic heterocycles. The zero-order chi connectivity index (χ0) is 16.5. The third kappa shape index (κ3) is 5.32. The second kappa shape index (κ2) is 8.82. The largest absolute Gasteiger partial charge is 0.352 e. The maximum atomic E-state index is 12.0. The Labute approximate surface area is 135 Å². The number of carbonyl (C=O) groups is 2. The molecular formula is C17H22N4O2. The van der Waals surface area contributed by atoms with E-state index >= 15 is 0 Å². The van der Waals surface area contributed by atoms with Gasteiger partial charge in [0, 0.05) is 24.7 Å². The Morgan fingerprint density at radius 3 is 3.04 bits per heavy atom. The highest BCUT2D eigenvalue weighted by molar-refractivity contribution is 5.94. The number of rotatable bonds is 9. The van der Waals surface area contributed by atoms with Crippen LogP contribution in [0.1, 0.15) is 47.8 Å². The molecule has 0 bridgehead atoms. The first-order valence-corrected chi connectivity index (χ1v) is 7.92. The summed E-state index contributed by atoms with van der Waals surface area (Å²) in [5.41, 5.74) is 2.53. The minimum absolute atomic E-state index is 0.0538. The van der Waals surface area contributed by atoms with Crippen LogP contribution in [0.25, 0.3) is 0 Å². The fraction of sp³-hybridized carbons (Fsp3) is 0.412. The molecule has 2 aromatic rings. The molecule has 1 aromatic carbocycles. The van der Waals surface area contributed by atoms with Crippen molar-refractivity contribution in [2.45, 2.75) is 39.2 Å². The Morgan fingerprint density at radius 2 is 2.26 bits per heavy atom. The predicted molar refractivity (Wildman–Crippen MR) is 87.2 cm³/mol. The van der Waals surface area contributed by atoms with E-state index in [2.05, 4.69) is 15.6 Å². The van der Waals surface area contributed by atoms with Gasteiger partial charge in [-0.05, 0) is 37.0 Å². The number of hydrogen-bond acceptors (Lipinski definition) is 4. The molecule has 0 fully saturated rings. The predicted octanol–water partition coefficient (Wildman–Crippen LogP) is 1.99. The van der Waals surface area contributed by atoms with E-state index in [9.17, 15) is 9.59 Å². The molecule has 1 N–H and O–H groups in total. The summed E-state index contributed by atoms with van der Waals surface area (Å²) in [5, 5.41) is 11.1. The van der Waals surface area contributed by atoms with Crippen LogP contribution in [-0.2, 0) is 17.8 Å². The van der Waals surface area contributed by atoms with E-state index in [0.29, 0.717) is 25.1 Å². The van der Waals surface area contributed by atoms with Crippen molar-refractivity contribution in [1.82, 2.24) is 20.3 Å². The summed E-state index contributed by atoms with van der Waals surface area (Å²) in [7, 11) is 0. The summed E-state index contributed by atoms with van der Waals surface area (Å²) >= 11 is 0. The zero-order valence-electron chi connectivity index (χ0n) is 13.4. The van der Waals surface area contributed by atoms with Gasteiger partial charge < -0.3 is 10.1 Å². The van der Waals surface area contributed by atoms with E-state index in [0.717, 1.165) is 36.8 Å². The van der Waals surface area contributed by atoms with E-state index < -0.39 is 0 Å². The highest BCUT2D eigenvalue weighted by Gasteiger charge is 2.06. The quantitative estimate of drug-likeness (QED) is 0.567. The molecule has 23 heavy (non-hydrogen) atoms. The molecule has 0 spiro atoms. The summed E-state index contributed by atoms with van der Waals surface area (Å²) in [6, 6.07) is 7.52. The van der Waals surface area contributed by atoms with Crippen LogP contribution in [0.15, 0.2) is 30.5 Å². The number of aldehydes is 1. The maximum absolute atomic E-state index is 12.0.